The van der Waals surface area contributed by atoms with Crippen LogP contribution in [0.2, 0.25) is 0 Å². The zero-order valence-corrected chi connectivity index (χ0v) is 31.2. The molecule has 1 heterocycles. The Morgan fingerprint density at radius 1 is 0.375 bits per heavy atom. The van der Waals surface area contributed by atoms with Gasteiger partial charge in [0.1, 0.15) is 11.2 Å². The summed E-state index contributed by atoms with van der Waals surface area (Å²) in [5.74, 6) is 0. The van der Waals surface area contributed by atoms with Crippen LogP contribution in [-0.2, 0) is 5.41 Å². The van der Waals surface area contributed by atoms with Gasteiger partial charge in [-0.05, 0) is 111 Å². The van der Waals surface area contributed by atoms with Crippen LogP contribution in [-0.4, -0.2) is 0 Å². The number of hydrogen-bond donors (Lipinski definition) is 0. The molecule has 0 spiro atoms. The van der Waals surface area contributed by atoms with Gasteiger partial charge in [-0.15, -0.1) is 0 Å². The Kier molecular flexibility index (Phi) is 6.46. The summed E-state index contributed by atoms with van der Waals surface area (Å²) in [5, 5.41) is 12.5. The van der Waals surface area contributed by atoms with Crippen molar-refractivity contribution in [1.82, 2.24) is 0 Å². The summed E-state index contributed by atoms with van der Waals surface area (Å²) in [6.07, 6.45) is 0. The van der Waals surface area contributed by atoms with Crippen molar-refractivity contribution < 1.29 is 4.42 Å². The molecule has 11 aromatic rings. The molecule has 0 bridgehead atoms. The average Bonchev–Trinajstić information content (AvgIpc) is 3.74. The van der Waals surface area contributed by atoms with Gasteiger partial charge in [-0.2, -0.15) is 0 Å². The first-order valence-electron chi connectivity index (χ1n) is 19.6. The summed E-state index contributed by atoms with van der Waals surface area (Å²) < 4.78 is 6.75. The largest absolute Gasteiger partial charge is 0.456 e. The van der Waals surface area contributed by atoms with Crippen molar-refractivity contribution in [1.29, 1.82) is 0 Å². The maximum atomic E-state index is 6.75. The molecule has 1 heteroatoms. The molecule has 0 atom stereocenters. The van der Waals surface area contributed by atoms with Crippen LogP contribution in [0.3, 0.4) is 0 Å². The zero-order valence-electron chi connectivity index (χ0n) is 31.2. The molecule has 0 fully saturated rings. The van der Waals surface area contributed by atoms with Gasteiger partial charge in [0.25, 0.3) is 0 Å². The van der Waals surface area contributed by atoms with Crippen molar-refractivity contribution >= 4 is 65.0 Å². The topological polar surface area (TPSA) is 13.1 Å². The molecule has 1 aliphatic rings. The second-order valence-corrected chi connectivity index (χ2v) is 16.0. The first kappa shape index (κ1) is 31.4. The first-order valence-corrected chi connectivity index (χ1v) is 19.6. The molecule has 10 aromatic carbocycles. The van der Waals surface area contributed by atoms with Crippen LogP contribution in [0.15, 0.2) is 186 Å². The SMILES string of the molecule is CC1(C)c2cc(-c3ccc(-c4c5ccccc5c(-c5cccc6ccccc56)c5ccccc45)cc3)ccc2-c2ccc3c(oc4ccc5ccccc5c43)c21. The van der Waals surface area contributed by atoms with Crippen molar-refractivity contribution in [2.45, 2.75) is 19.3 Å². The van der Waals surface area contributed by atoms with Crippen LogP contribution >= 0.6 is 0 Å². The maximum absolute atomic E-state index is 6.75. The van der Waals surface area contributed by atoms with Crippen molar-refractivity contribution in [2.75, 3.05) is 0 Å². The Morgan fingerprint density at radius 3 is 1.64 bits per heavy atom. The van der Waals surface area contributed by atoms with E-state index in [4.69, 9.17) is 4.42 Å². The minimum Gasteiger partial charge on any atom is -0.456 e. The maximum Gasteiger partial charge on any atom is 0.140 e. The van der Waals surface area contributed by atoms with E-state index in [2.05, 4.69) is 196 Å². The fraction of sp³-hybridized carbons (Fsp3) is 0.0545. The Bertz CT molecular complexity index is 3370. The third-order valence-corrected chi connectivity index (χ3v) is 12.6. The third-order valence-electron chi connectivity index (χ3n) is 12.6. The molecule has 0 radical (unpaired) electrons. The highest BCUT2D eigenvalue weighted by Crippen LogP contribution is 2.54. The summed E-state index contributed by atoms with van der Waals surface area (Å²) in [4.78, 5) is 0. The van der Waals surface area contributed by atoms with Gasteiger partial charge in [-0.25, -0.2) is 0 Å². The quantitative estimate of drug-likeness (QED) is 0.166. The van der Waals surface area contributed by atoms with E-state index in [1.807, 2.05) is 0 Å². The summed E-state index contributed by atoms with van der Waals surface area (Å²) in [6.45, 7) is 4.71. The lowest BCUT2D eigenvalue weighted by Gasteiger charge is -2.22. The van der Waals surface area contributed by atoms with E-state index in [0.29, 0.717) is 0 Å². The predicted octanol–water partition coefficient (Wildman–Crippen LogP) is 15.5. The van der Waals surface area contributed by atoms with Crippen LogP contribution < -0.4 is 0 Å². The molecule has 0 N–H and O–H groups in total. The molecular formula is C55H36O. The van der Waals surface area contributed by atoms with Crippen molar-refractivity contribution in [2.24, 2.45) is 0 Å². The number of benzene rings is 10. The highest BCUT2D eigenvalue weighted by atomic mass is 16.3. The molecule has 0 unspecified atom stereocenters. The van der Waals surface area contributed by atoms with Gasteiger partial charge in [0.2, 0.25) is 0 Å². The van der Waals surface area contributed by atoms with Gasteiger partial charge >= 0.3 is 0 Å². The minimum atomic E-state index is -0.229. The molecule has 1 nitrogen and oxygen atoms in total. The van der Waals surface area contributed by atoms with Gasteiger partial charge in [-0.3, -0.25) is 0 Å². The standard InChI is InChI=1S/C55H36O/c1-55(2)48-32-37(26-28-40(48)46-29-30-47-52-39-16-6-4-13-35(39)27-31-49(52)56-54(47)53(46)55)33-22-24-36(25-23-33)50-42-17-7-9-19-44(42)51(45-20-10-8-18-43(45)50)41-21-11-14-34-12-3-5-15-38(34)41/h3-32H,1-2H3. The lowest BCUT2D eigenvalue weighted by Crippen LogP contribution is -2.15. The molecule has 262 valence electrons. The highest BCUT2D eigenvalue weighted by Gasteiger charge is 2.39. The second-order valence-electron chi connectivity index (χ2n) is 16.0. The number of fused-ring (bicyclic) bond motifs is 12. The average molecular weight is 713 g/mol. The Morgan fingerprint density at radius 2 is 0.929 bits per heavy atom. The molecule has 0 amide bonds. The number of rotatable bonds is 3. The highest BCUT2D eigenvalue weighted by molar-refractivity contribution is 6.24. The molecule has 0 saturated carbocycles. The van der Waals surface area contributed by atoms with Crippen molar-refractivity contribution in [3.8, 4) is 44.5 Å². The third kappa shape index (κ3) is 4.31. The second kappa shape index (κ2) is 11.5. The van der Waals surface area contributed by atoms with E-state index < -0.39 is 0 Å². The Labute approximate surface area is 325 Å². The first-order chi connectivity index (χ1) is 27.5. The van der Waals surface area contributed by atoms with Gasteiger partial charge in [0.15, 0.2) is 0 Å². The van der Waals surface area contributed by atoms with Crippen LogP contribution in [0.25, 0.3) is 110 Å². The fourth-order valence-corrected chi connectivity index (χ4v) is 10.1. The molecule has 12 rings (SSSR count). The van der Waals surface area contributed by atoms with E-state index in [0.717, 1.165) is 11.2 Å². The molecule has 1 aliphatic carbocycles. The van der Waals surface area contributed by atoms with E-state index in [1.54, 1.807) is 0 Å². The van der Waals surface area contributed by atoms with E-state index >= 15 is 0 Å². The lowest BCUT2D eigenvalue weighted by molar-refractivity contribution is 0.620. The summed E-state index contributed by atoms with van der Waals surface area (Å²) >= 11 is 0. The van der Waals surface area contributed by atoms with Gasteiger partial charge in [-0.1, -0.05) is 178 Å². The van der Waals surface area contributed by atoms with Gasteiger partial charge in [0, 0.05) is 21.8 Å². The summed E-state index contributed by atoms with van der Waals surface area (Å²) in [6, 6.07) is 67.1. The fourth-order valence-electron chi connectivity index (χ4n) is 10.1. The monoisotopic (exact) mass is 712 g/mol. The summed E-state index contributed by atoms with van der Waals surface area (Å²) in [7, 11) is 0. The van der Waals surface area contributed by atoms with E-state index in [-0.39, 0.29) is 5.41 Å². The Hall–Kier alpha value is -6.96. The number of hydrogen-bond acceptors (Lipinski definition) is 1. The molecule has 0 saturated heterocycles. The number of furan rings is 1. The van der Waals surface area contributed by atoms with Crippen LogP contribution in [0, 0.1) is 0 Å². The normalized spacial score (nSPS) is 13.3. The van der Waals surface area contributed by atoms with E-state index in [9.17, 15) is 0 Å². The minimum absolute atomic E-state index is 0.229. The lowest BCUT2D eigenvalue weighted by atomic mass is 9.81. The van der Waals surface area contributed by atoms with Crippen LogP contribution in [0.1, 0.15) is 25.0 Å². The summed E-state index contributed by atoms with van der Waals surface area (Å²) in [5.41, 5.74) is 14.4. The Balaban J connectivity index is 0.978. The van der Waals surface area contributed by atoms with Gasteiger partial charge in [0.05, 0.1) is 0 Å². The smallest absolute Gasteiger partial charge is 0.140 e. The zero-order chi connectivity index (χ0) is 37.1. The van der Waals surface area contributed by atoms with E-state index in [1.165, 1.54) is 109 Å². The van der Waals surface area contributed by atoms with Crippen LogP contribution in [0.4, 0.5) is 0 Å². The van der Waals surface area contributed by atoms with Crippen molar-refractivity contribution in [3.05, 3.63) is 193 Å². The van der Waals surface area contributed by atoms with Crippen molar-refractivity contribution in [3.63, 3.8) is 0 Å². The predicted molar refractivity (Wildman–Crippen MR) is 238 cm³/mol. The van der Waals surface area contributed by atoms with Crippen LogP contribution in [0.5, 0.6) is 0 Å². The molecular weight excluding hydrogens is 677 g/mol. The molecule has 0 aliphatic heterocycles. The molecule has 1 aromatic heterocycles. The van der Waals surface area contributed by atoms with Gasteiger partial charge < -0.3 is 4.42 Å². The molecule has 56 heavy (non-hydrogen) atoms.